The zero-order valence-corrected chi connectivity index (χ0v) is 17.7. The van der Waals surface area contributed by atoms with Crippen molar-refractivity contribution in [2.24, 2.45) is 0 Å². The summed E-state index contributed by atoms with van der Waals surface area (Å²) < 4.78 is 42.7. The van der Waals surface area contributed by atoms with Gasteiger partial charge in [-0.2, -0.15) is 4.72 Å². The lowest BCUT2D eigenvalue weighted by Crippen LogP contribution is -2.45. The van der Waals surface area contributed by atoms with Crippen molar-refractivity contribution in [3.63, 3.8) is 0 Å². The van der Waals surface area contributed by atoms with Gasteiger partial charge in [0.1, 0.15) is 5.75 Å². The van der Waals surface area contributed by atoms with Crippen LogP contribution in [0.5, 0.6) is 17.2 Å². The van der Waals surface area contributed by atoms with E-state index in [-0.39, 0.29) is 4.90 Å². The Kier molecular flexibility index (Phi) is 7.86. The van der Waals surface area contributed by atoms with E-state index in [9.17, 15) is 13.2 Å². The Balaban J connectivity index is 1.90. The van der Waals surface area contributed by atoms with Gasteiger partial charge in [0.2, 0.25) is 15.9 Å². The molecule has 158 valence electrons. The van der Waals surface area contributed by atoms with Crippen molar-refractivity contribution in [2.45, 2.75) is 24.3 Å². The Morgan fingerprint density at radius 1 is 0.966 bits per heavy atom. The SMILES string of the molecule is COc1ccc(S(=O)(=O)N[C@H](C)C(=O)NCCc2ccc(OC)c(OC)c2)cc1. The number of methoxy groups -OCH3 is 3. The molecular weight excluding hydrogens is 396 g/mol. The Labute approximate surface area is 171 Å². The zero-order valence-electron chi connectivity index (χ0n) is 16.9. The monoisotopic (exact) mass is 422 g/mol. The highest BCUT2D eigenvalue weighted by Crippen LogP contribution is 2.27. The van der Waals surface area contributed by atoms with Crippen molar-refractivity contribution in [1.82, 2.24) is 10.0 Å². The van der Waals surface area contributed by atoms with Crippen molar-refractivity contribution < 1.29 is 27.4 Å². The number of rotatable bonds is 10. The molecule has 0 aromatic heterocycles. The van der Waals surface area contributed by atoms with Gasteiger partial charge in [0.25, 0.3) is 0 Å². The van der Waals surface area contributed by atoms with Gasteiger partial charge in [0, 0.05) is 6.54 Å². The third kappa shape index (κ3) is 6.10. The number of amides is 1. The highest BCUT2D eigenvalue weighted by molar-refractivity contribution is 7.89. The molecule has 0 saturated carbocycles. The summed E-state index contributed by atoms with van der Waals surface area (Å²) in [6.45, 7) is 1.84. The lowest BCUT2D eigenvalue weighted by molar-refractivity contribution is -0.122. The van der Waals surface area contributed by atoms with Gasteiger partial charge in [0.15, 0.2) is 11.5 Å². The molecule has 2 N–H and O–H groups in total. The van der Waals surface area contributed by atoms with Crippen LogP contribution in [0.25, 0.3) is 0 Å². The predicted molar refractivity (Wildman–Crippen MR) is 109 cm³/mol. The summed E-state index contributed by atoms with van der Waals surface area (Å²) in [6.07, 6.45) is 0.560. The molecule has 0 aliphatic carbocycles. The van der Waals surface area contributed by atoms with Crippen molar-refractivity contribution in [2.75, 3.05) is 27.9 Å². The van der Waals surface area contributed by atoms with Crippen LogP contribution in [0.2, 0.25) is 0 Å². The summed E-state index contributed by atoms with van der Waals surface area (Å²) in [5.41, 5.74) is 0.953. The minimum Gasteiger partial charge on any atom is -0.497 e. The average molecular weight is 423 g/mol. The third-order valence-electron chi connectivity index (χ3n) is 4.26. The topological polar surface area (TPSA) is 103 Å². The Hall–Kier alpha value is -2.78. The highest BCUT2D eigenvalue weighted by Gasteiger charge is 2.21. The first-order valence-corrected chi connectivity index (χ1v) is 10.4. The van der Waals surface area contributed by atoms with Crippen LogP contribution in [0.15, 0.2) is 47.4 Å². The number of carbonyl (C=O) groups is 1. The maximum atomic E-state index is 12.4. The zero-order chi connectivity index (χ0) is 21.4. The van der Waals surface area contributed by atoms with Crippen molar-refractivity contribution in [3.05, 3.63) is 48.0 Å². The van der Waals surface area contributed by atoms with E-state index in [4.69, 9.17) is 14.2 Å². The number of nitrogens with one attached hydrogen (secondary N) is 2. The smallest absolute Gasteiger partial charge is 0.241 e. The molecule has 0 heterocycles. The average Bonchev–Trinajstić information content (AvgIpc) is 2.73. The van der Waals surface area contributed by atoms with E-state index < -0.39 is 22.0 Å². The van der Waals surface area contributed by atoms with E-state index in [0.29, 0.717) is 30.2 Å². The molecule has 0 aliphatic heterocycles. The fourth-order valence-electron chi connectivity index (χ4n) is 2.63. The molecule has 9 heteroatoms. The quantitative estimate of drug-likeness (QED) is 0.605. The number of benzene rings is 2. The van der Waals surface area contributed by atoms with E-state index in [2.05, 4.69) is 10.0 Å². The molecule has 2 aromatic carbocycles. The number of hydrogen-bond acceptors (Lipinski definition) is 6. The van der Waals surface area contributed by atoms with Crippen molar-refractivity contribution in [1.29, 1.82) is 0 Å². The predicted octanol–water partition coefficient (Wildman–Crippen LogP) is 1.74. The lowest BCUT2D eigenvalue weighted by atomic mass is 10.1. The minimum absolute atomic E-state index is 0.0586. The Bertz CT molecular complexity index is 928. The Morgan fingerprint density at radius 2 is 1.62 bits per heavy atom. The summed E-state index contributed by atoms with van der Waals surface area (Å²) >= 11 is 0. The lowest BCUT2D eigenvalue weighted by Gasteiger charge is -2.15. The van der Waals surface area contributed by atoms with Gasteiger partial charge >= 0.3 is 0 Å². The summed E-state index contributed by atoms with van der Waals surface area (Å²) in [5, 5.41) is 2.73. The molecule has 1 atom stereocenters. The normalized spacial score (nSPS) is 12.1. The van der Waals surface area contributed by atoms with E-state index in [1.54, 1.807) is 32.4 Å². The van der Waals surface area contributed by atoms with Gasteiger partial charge in [0.05, 0.1) is 32.3 Å². The van der Waals surface area contributed by atoms with Gasteiger partial charge in [-0.3, -0.25) is 4.79 Å². The number of sulfonamides is 1. The first-order chi connectivity index (χ1) is 13.8. The summed E-state index contributed by atoms with van der Waals surface area (Å²) in [5.74, 6) is 1.37. The van der Waals surface area contributed by atoms with Crippen LogP contribution in [0.3, 0.4) is 0 Å². The summed E-state index contributed by atoms with van der Waals surface area (Å²) in [7, 11) is 0.793. The molecule has 0 radical (unpaired) electrons. The first kappa shape index (κ1) is 22.5. The second-order valence-electron chi connectivity index (χ2n) is 6.25. The third-order valence-corrected chi connectivity index (χ3v) is 5.81. The van der Waals surface area contributed by atoms with Crippen LogP contribution in [0.4, 0.5) is 0 Å². The maximum Gasteiger partial charge on any atom is 0.241 e. The molecule has 29 heavy (non-hydrogen) atoms. The van der Waals surface area contributed by atoms with Crippen LogP contribution >= 0.6 is 0 Å². The first-order valence-electron chi connectivity index (χ1n) is 8.95. The van der Waals surface area contributed by atoms with Gasteiger partial charge in [-0.1, -0.05) is 6.07 Å². The van der Waals surface area contributed by atoms with Gasteiger partial charge in [-0.05, 0) is 55.3 Å². The summed E-state index contributed by atoms with van der Waals surface area (Å²) in [6, 6.07) is 10.5. The van der Waals surface area contributed by atoms with Gasteiger partial charge in [-0.25, -0.2) is 8.42 Å². The molecule has 2 aromatic rings. The number of carbonyl (C=O) groups excluding carboxylic acids is 1. The molecule has 8 nitrogen and oxygen atoms in total. The second-order valence-corrected chi connectivity index (χ2v) is 7.96. The molecule has 0 bridgehead atoms. The molecule has 2 rings (SSSR count). The van der Waals surface area contributed by atoms with Crippen LogP contribution in [0.1, 0.15) is 12.5 Å². The van der Waals surface area contributed by atoms with E-state index in [1.165, 1.54) is 26.2 Å². The van der Waals surface area contributed by atoms with E-state index in [0.717, 1.165) is 5.56 Å². The van der Waals surface area contributed by atoms with Gasteiger partial charge in [-0.15, -0.1) is 0 Å². The molecule has 0 aliphatic rings. The second kappa shape index (κ2) is 10.1. The van der Waals surface area contributed by atoms with Crippen molar-refractivity contribution >= 4 is 15.9 Å². The molecular formula is C20H26N2O6S. The van der Waals surface area contributed by atoms with Crippen LogP contribution in [0, 0.1) is 0 Å². The van der Waals surface area contributed by atoms with Crippen molar-refractivity contribution in [3.8, 4) is 17.2 Å². The largest absolute Gasteiger partial charge is 0.497 e. The van der Waals surface area contributed by atoms with Crippen LogP contribution in [-0.2, 0) is 21.2 Å². The Morgan fingerprint density at radius 3 is 2.21 bits per heavy atom. The maximum absolute atomic E-state index is 12.4. The molecule has 0 spiro atoms. The highest BCUT2D eigenvalue weighted by atomic mass is 32.2. The fraction of sp³-hybridized carbons (Fsp3) is 0.350. The standard InChI is InChI=1S/C20H26N2O6S/c1-14(22-29(24,25)17-8-6-16(26-2)7-9-17)20(23)21-12-11-15-5-10-18(27-3)19(13-15)28-4/h5-10,13-14,22H,11-12H2,1-4H3,(H,21,23)/t14-/m1/s1. The fourth-order valence-corrected chi connectivity index (χ4v) is 3.83. The minimum atomic E-state index is -3.82. The summed E-state index contributed by atoms with van der Waals surface area (Å²) in [4.78, 5) is 12.3. The van der Waals surface area contributed by atoms with Crippen LogP contribution < -0.4 is 24.2 Å². The number of ether oxygens (including phenoxy) is 3. The number of hydrogen-bond donors (Lipinski definition) is 2. The molecule has 0 saturated heterocycles. The van der Waals surface area contributed by atoms with E-state index >= 15 is 0 Å². The molecule has 0 fully saturated rings. The van der Waals surface area contributed by atoms with E-state index in [1.807, 2.05) is 12.1 Å². The van der Waals surface area contributed by atoms with Gasteiger partial charge < -0.3 is 19.5 Å². The molecule has 1 amide bonds. The van der Waals surface area contributed by atoms with Crippen LogP contribution in [-0.4, -0.2) is 48.2 Å². The molecule has 0 unspecified atom stereocenters.